The minimum absolute atomic E-state index is 0.0942. The zero-order valence-electron chi connectivity index (χ0n) is 19.5. The number of carbonyl (C=O) groups is 2. The van der Waals surface area contributed by atoms with Crippen molar-refractivity contribution in [2.45, 2.75) is 13.0 Å². The van der Waals surface area contributed by atoms with Gasteiger partial charge in [-0.3, -0.25) is 9.59 Å². The van der Waals surface area contributed by atoms with Crippen LogP contribution in [0.25, 0.3) is 0 Å². The summed E-state index contributed by atoms with van der Waals surface area (Å²) in [4.78, 5) is 29.1. The topological polar surface area (TPSA) is 94.5 Å². The van der Waals surface area contributed by atoms with Crippen LogP contribution >= 0.6 is 0 Å². The summed E-state index contributed by atoms with van der Waals surface area (Å²) in [6.07, 6.45) is 3.58. The molecule has 0 fully saturated rings. The van der Waals surface area contributed by atoms with Gasteiger partial charge in [0.15, 0.2) is 0 Å². The number of amides is 2. The van der Waals surface area contributed by atoms with E-state index in [0.717, 1.165) is 22.6 Å². The van der Waals surface area contributed by atoms with E-state index in [2.05, 4.69) is 15.6 Å². The first-order valence-corrected chi connectivity index (χ1v) is 11.0. The molecule has 0 aliphatic carbocycles. The van der Waals surface area contributed by atoms with Crippen molar-refractivity contribution >= 4 is 23.2 Å². The average Bonchev–Trinajstić information content (AvgIpc) is 3.34. The number of hydrogen-bond donors (Lipinski definition) is 2. The molecule has 0 radical (unpaired) electrons. The van der Waals surface area contributed by atoms with Crippen LogP contribution in [0.4, 0.5) is 11.4 Å². The van der Waals surface area contributed by atoms with Gasteiger partial charge in [0, 0.05) is 18.4 Å². The molecule has 0 saturated carbocycles. The molecule has 2 N–H and O–H groups in total. The Bertz CT molecular complexity index is 1300. The normalized spacial score (nSPS) is 10.5. The predicted octanol–water partition coefficient (Wildman–Crippen LogP) is 4.38. The number of carbonyl (C=O) groups excluding carboxylic acids is 2. The monoisotopic (exact) mass is 470 g/mol. The largest absolute Gasteiger partial charge is 0.497 e. The molecule has 2 amide bonds. The van der Waals surface area contributed by atoms with Gasteiger partial charge >= 0.3 is 0 Å². The van der Waals surface area contributed by atoms with E-state index in [4.69, 9.17) is 9.47 Å². The van der Waals surface area contributed by atoms with Crippen molar-refractivity contribution in [2.24, 2.45) is 0 Å². The molecule has 8 heteroatoms. The van der Waals surface area contributed by atoms with Crippen LogP contribution in [0.3, 0.4) is 0 Å². The van der Waals surface area contributed by atoms with Gasteiger partial charge < -0.3 is 24.7 Å². The lowest BCUT2D eigenvalue weighted by Crippen LogP contribution is -2.14. The number of nitrogens with zero attached hydrogens (tertiary/aromatic N) is 2. The maximum atomic E-state index is 12.6. The minimum Gasteiger partial charge on any atom is -0.497 e. The van der Waals surface area contributed by atoms with Gasteiger partial charge in [0.2, 0.25) is 5.91 Å². The first-order chi connectivity index (χ1) is 17.0. The van der Waals surface area contributed by atoms with Crippen molar-refractivity contribution in [3.63, 3.8) is 0 Å². The second-order valence-electron chi connectivity index (χ2n) is 7.86. The molecule has 0 aliphatic heterocycles. The molecule has 35 heavy (non-hydrogen) atoms. The first-order valence-electron chi connectivity index (χ1n) is 11.0. The fraction of sp³-hybridized carbons (Fsp3) is 0.148. The van der Waals surface area contributed by atoms with Gasteiger partial charge in [0.05, 0.1) is 32.7 Å². The van der Waals surface area contributed by atoms with Crippen molar-refractivity contribution in [1.29, 1.82) is 0 Å². The second-order valence-corrected chi connectivity index (χ2v) is 7.86. The molecule has 0 aliphatic rings. The van der Waals surface area contributed by atoms with Gasteiger partial charge in [-0.05, 0) is 47.5 Å². The number of nitrogens with one attached hydrogen (secondary N) is 2. The van der Waals surface area contributed by atoms with Crippen LogP contribution in [0.2, 0.25) is 0 Å². The number of ether oxygens (including phenoxy) is 2. The number of rotatable bonds is 9. The van der Waals surface area contributed by atoms with Crippen molar-refractivity contribution < 1.29 is 19.1 Å². The van der Waals surface area contributed by atoms with Gasteiger partial charge in [-0.15, -0.1) is 0 Å². The Morgan fingerprint density at radius 2 is 1.57 bits per heavy atom. The van der Waals surface area contributed by atoms with Crippen LogP contribution in [0.1, 0.15) is 21.6 Å². The van der Waals surface area contributed by atoms with Crippen LogP contribution in [0.5, 0.6) is 11.5 Å². The smallest absolute Gasteiger partial charge is 0.275 e. The first kappa shape index (κ1) is 23.6. The molecule has 3 aromatic carbocycles. The highest BCUT2D eigenvalue weighted by molar-refractivity contribution is 6.03. The Kier molecular flexibility index (Phi) is 7.42. The van der Waals surface area contributed by atoms with E-state index >= 15 is 0 Å². The summed E-state index contributed by atoms with van der Waals surface area (Å²) in [5.41, 5.74) is 3.52. The van der Waals surface area contributed by atoms with Gasteiger partial charge in [-0.2, -0.15) is 0 Å². The zero-order chi connectivity index (χ0) is 24.6. The second kappa shape index (κ2) is 11.0. The van der Waals surface area contributed by atoms with Crippen LogP contribution in [0.15, 0.2) is 85.3 Å². The molecular formula is C27H26N4O4. The Balaban J connectivity index is 1.31. The van der Waals surface area contributed by atoms with Crippen LogP contribution < -0.4 is 20.1 Å². The molecule has 0 spiro atoms. The lowest BCUT2D eigenvalue weighted by atomic mass is 10.1. The highest BCUT2D eigenvalue weighted by Crippen LogP contribution is 2.23. The summed E-state index contributed by atoms with van der Waals surface area (Å²) < 4.78 is 12.2. The third kappa shape index (κ3) is 6.26. The molecule has 1 aromatic heterocycles. The van der Waals surface area contributed by atoms with Crippen LogP contribution in [0, 0.1) is 0 Å². The van der Waals surface area contributed by atoms with E-state index in [1.54, 1.807) is 38.9 Å². The van der Waals surface area contributed by atoms with Crippen molar-refractivity contribution in [3.8, 4) is 11.5 Å². The number of methoxy groups -OCH3 is 2. The van der Waals surface area contributed by atoms with Gasteiger partial charge in [-0.25, -0.2) is 4.98 Å². The Labute approximate surface area is 203 Å². The van der Waals surface area contributed by atoms with Crippen LogP contribution in [-0.4, -0.2) is 35.6 Å². The van der Waals surface area contributed by atoms with E-state index in [1.807, 2.05) is 65.2 Å². The summed E-state index contributed by atoms with van der Waals surface area (Å²) in [5.74, 6) is 0.926. The molecule has 4 rings (SSSR count). The molecule has 4 aromatic rings. The maximum absolute atomic E-state index is 12.6. The summed E-state index contributed by atoms with van der Waals surface area (Å²) in [6.45, 7) is 0.537. The Hall–Kier alpha value is -4.59. The molecule has 0 atom stereocenters. The molecule has 178 valence electrons. The lowest BCUT2D eigenvalue weighted by molar-refractivity contribution is -0.115. The summed E-state index contributed by atoms with van der Waals surface area (Å²) in [6, 6.07) is 22.2. The van der Waals surface area contributed by atoms with E-state index in [9.17, 15) is 9.59 Å². The quantitative estimate of drug-likeness (QED) is 0.379. The minimum atomic E-state index is -0.317. The van der Waals surface area contributed by atoms with Crippen molar-refractivity contribution in [1.82, 2.24) is 9.55 Å². The molecule has 0 bridgehead atoms. The molecule has 1 heterocycles. The molecule has 0 saturated heterocycles. The van der Waals surface area contributed by atoms with Gasteiger partial charge in [-0.1, -0.05) is 36.4 Å². The fourth-order valence-corrected chi connectivity index (χ4v) is 3.54. The number of para-hydroxylation sites is 2. The summed E-state index contributed by atoms with van der Waals surface area (Å²) in [7, 11) is 3.16. The molecular weight excluding hydrogens is 444 g/mol. The Morgan fingerprint density at radius 3 is 2.29 bits per heavy atom. The summed E-state index contributed by atoms with van der Waals surface area (Å²) in [5, 5.41) is 5.73. The standard InChI is InChI=1S/C27H26N4O4/c1-34-22-13-9-19(10-14-22)15-26(32)29-21-11-7-20(8-12-21)16-31-17-24(28-18-31)27(33)30-23-5-3-4-6-25(23)35-2/h3-14,17-18H,15-16H2,1-2H3,(H,29,32)(H,30,33). The predicted molar refractivity (Wildman–Crippen MR) is 134 cm³/mol. The number of benzene rings is 3. The maximum Gasteiger partial charge on any atom is 0.275 e. The molecule has 8 nitrogen and oxygen atoms in total. The fourth-order valence-electron chi connectivity index (χ4n) is 3.54. The van der Waals surface area contributed by atoms with Crippen LogP contribution in [-0.2, 0) is 17.8 Å². The highest BCUT2D eigenvalue weighted by Gasteiger charge is 2.12. The number of hydrogen-bond acceptors (Lipinski definition) is 5. The van der Waals surface area contributed by atoms with Gasteiger partial charge in [0.1, 0.15) is 17.2 Å². The SMILES string of the molecule is COc1ccc(CC(=O)Nc2ccc(Cn3cnc(C(=O)Nc4ccccc4OC)c3)cc2)cc1. The van der Waals surface area contributed by atoms with E-state index in [-0.39, 0.29) is 18.2 Å². The average molecular weight is 471 g/mol. The van der Waals surface area contributed by atoms with Crippen molar-refractivity contribution in [2.75, 3.05) is 24.9 Å². The zero-order valence-corrected chi connectivity index (χ0v) is 19.5. The summed E-state index contributed by atoms with van der Waals surface area (Å²) >= 11 is 0. The Morgan fingerprint density at radius 1 is 0.857 bits per heavy atom. The highest BCUT2D eigenvalue weighted by atomic mass is 16.5. The van der Waals surface area contributed by atoms with E-state index in [0.29, 0.717) is 23.7 Å². The van der Waals surface area contributed by atoms with Gasteiger partial charge in [0.25, 0.3) is 5.91 Å². The number of anilines is 2. The number of aromatic nitrogens is 2. The van der Waals surface area contributed by atoms with E-state index < -0.39 is 0 Å². The molecule has 0 unspecified atom stereocenters. The lowest BCUT2D eigenvalue weighted by Gasteiger charge is -2.08. The van der Waals surface area contributed by atoms with E-state index in [1.165, 1.54) is 0 Å². The van der Waals surface area contributed by atoms with Crippen molar-refractivity contribution in [3.05, 3.63) is 102 Å². The number of imidazole rings is 1. The third-order valence-corrected chi connectivity index (χ3v) is 5.35. The third-order valence-electron chi connectivity index (χ3n) is 5.35.